The zero-order valence-electron chi connectivity index (χ0n) is 2.56. The van der Waals surface area contributed by atoms with E-state index in [0.717, 1.165) is 0 Å². The van der Waals surface area contributed by atoms with E-state index in [1.165, 1.54) is 0 Å². The minimum Gasteiger partial charge on any atom is -0.375 e. The van der Waals surface area contributed by atoms with Gasteiger partial charge in [0.15, 0.2) is 5.11 Å². The average Bonchev–Trinajstić information content (AvgIpc) is 1.38. The molecular weight excluding hydrogens is 89.0 g/mol. The normalized spacial score (nSPS) is 6.60. The van der Waals surface area contributed by atoms with Crippen LogP contribution in [0.2, 0.25) is 0 Å². The topological polar surface area (TPSA) is 64.1 Å². The molecule has 5 heavy (non-hydrogen) atoms. The van der Waals surface area contributed by atoms with Crippen molar-refractivity contribution in [3.8, 4) is 0 Å². The molecule has 30 valence electrons. The summed E-state index contributed by atoms with van der Waals surface area (Å²) in [6, 6.07) is 0. The van der Waals surface area contributed by atoms with Crippen LogP contribution in [0, 0.1) is 0 Å². The largest absolute Gasteiger partial charge is 0.375 e. The maximum atomic E-state index is 4.79. The summed E-state index contributed by atoms with van der Waals surface area (Å²) in [6.45, 7) is 0. The highest BCUT2D eigenvalue weighted by atomic mass is 35.0. The molecule has 0 aliphatic rings. The van der Waals surface area contributed by atoms with Crippen LogP contribution in [-0.4, -0.2) is 5.11 Å². The zero-order valence-corrected chi connectivity index (χ0v) is 3.38. The van der Waals surface area contributed by atoms with Crippen molar-refractivity contribution >= 4 is 17.3 Å². The van der Waals surface area contributed by atoms with E-state index in [0.29, 0.717) is 0 Å². The molecule has 3 nitrogen and oxygen atoms in total. The van der Waals surface area contributed by atoms with Gasteiger partial charge in [-0.15, -0.1) is 0 Å². The van der Waals surface area contributed by atoms with E-state index in [4.69, 9.17) is 5.73 Å². The van der Waals surface area contributed by atoms with Crippen LogP contribution in [0.25, 0.3) is 0 Å². The Bertz CT molecular complexity index is 42.2. The first-order valence-corrected chi connectivity index (χ1v) is 1.44. The molecule has 0 amide bonds. The van der Waals surface area contributed by atoms with Crippen molar-refractivity contribution < 1.29 is 0 Å². The number of hydrazine groups is 1. The summed E-state index contributed by atoms with van der Waals surface area (Å²) < 4.78 is 0. The van der Waals surface area contributed by atoms with Gasteiger partial charge in [0.05, 0.1) is 0 Å². The van der Waals surface area contributed by atoms with Crippen molar-refractivity contribution in [3.63, 3.8) is 0 Å². The predicted molar refractivity (Wildman–Crippen MR) is 24.1 cm³/mol. The second-order valence-corrected chi connectivity index (χ2v) is 0.948. The number of rotatable bonds is 0. The molecule has 0 aliphatic heterocycles. The van der Waals surface area contributed by atoms with E-state index in [-0.39, 0.29) is 5.11 Å². The predicted octanol–water partition coefficient (Wildman–Crippen LogP) is -1.31. The molecule has 0 saturated carbocycles. The maximum Gasteiger partial charge on any atom is 0.177 e. The summed E-state index contributed by atoms with van der Waals surface area (Å²) in [4.78, 5) is 0. The second-order valence-electron chi connectivity index (χ2n) is 0.509. The second kappa shape index (κ2) is 1.92. The van der Waals surface area contributed by atoms with Crippen molar-refractivity contribution in [2.75, 3.05) is 0 Å². The molecule has 0 saturated heterocycles. The first kappa shape index (κ1) is 4.65. The molecule has 0 bridgehead atoms. The summed E-state index contributed by atoms with van der Waals surface area (Å²) in [6.07, 6.45) is 0. The Labute approximate surface area is 35.3 Å². The Morgan fingerprint density at radius 2 is 2.00 bits per heavy atom. The molecular formula is CH5N3S. The Kier molecular flexibility index (Phi) is 1.79. The van der Waals surface area contributed by atoms with E-state index in [2.05, 4.69) is 18.1 Å². The van der Waals surface area contributed by atoms with Gasteiger partial charge in [0, 0.05) is 0 Å². The Balaban J connectivity index is 2.85. The lowest BCUT2D eigenvalue weighted by Crippen LogP contribution is -2.34. The molecule has 0 aliphatic carbocycles. The zero-order chi connectivity index (χ0) is 4.28. The van der Waals surface area contributed by atoms with Crippen LogP contribution in [-0.2, 0) is 0 Å². The number of hydrogen-bond acceptors (Lipinski definition) is 2. The molecule has 0 unspecified atom stereocenters. The molecule has 0 atom stereocenters. The SMILES string of the molecule is NNC(N)=[35S]. The fourth-order valence-electron chi connectivity index (χ4n) is 0. The highest BCUT2D eigenvalue weighted by Gasteiger charge is 1.66. The molecule has 0 radical (unpaired) electrons. The summed E-state index contributed by atoms with van der Waals surface area (Å²) in [5.74, 6) is 4.66. The third kappa shape index (κ3) is 3.65. The van der Waals surface area contributed by atoms with Gasteiger partial charge in [0.25, 0.3) is 0 Å². The lowest BCUT2D eigenvalue weighted by Gasteiger charge is -1.85. The lowest BCUT2D eigenvalue weighted by molar-refractivity contribution is 1.03. The van der Waals surface area contributed by atoms with Gasteiger partial charge in [-0.1, -0.05) is 0 Å². The molecule has 5 N–H and O–H groups in total. The maximum absolute atomic E-state index is 4.79. The van der Waals surface area contributed by atoms with Crippen molar-refractivity contribution in [2.24, 2.45) is 11.6 Å². The quantitative estimate of drug-likeness (QED) is 0.198. The Hall–Kier alpha value is -0.350. The number of thiocarbonyl (C=S) groups is 1. The van der Waals surface area contributed by atoms with Crippen molar-refractivity contribution in [2.45, 2.75) is 0 Å². The minimum absolute atomic E-state index is 0.116. The summed E-state index contributed by atoms with van der Waals surface area (Å²) in [5.41, 5.74) is 6.82. The lowest BCUT2D eigenvalue weighted by atomic mass is 11.2. The van der Waals surface area contributed by atoms with Crippen LogP contribution in [0.3, 0.4) is 0 Å². The molecule has 0 aromatic rings. The first-order chi connectivity index (χ1) is 2.27. The van der Waals surface area contributed by atoms with Gasteiger partial charge in [0.2, 0.25) is 0 Å². The van der Waals surface area contributed by atoms with Crippen molar-refractivity contribution in [1.29, 1.82) is 0 Å². The molecule has 4 heteroatoms. The summed E-state index contributed by atoms with van der Waals surface area (Å²) >= 11 is 4.24. The van der Waals surface area contributed by atoms with E-state index >= 15 is 0 Å². The van der Waals surface area contributed by atoms with Crippen molar-refractivity contribution in [3.05, 3.63) is 0 Å². The highest BCUT2D eigenvalue weighted by Crippen LogP contribution is 1.40. The van der Waals surface area contributed by atoms with Crippen LogP contribution < -0.4 is 17.0 Å². The van der Waals surface area contributed by atoms with Gasteiger partial charge in [-0.3, -0.25) is 0 Å². The fraction of sp³-hybridized carbons (Fsp3) is 0. The number of hydrogen-bond donors (Lipinski definition) is 3. The van der Waals surface area contributed by atoms with Gasteiger partial charge in [0.1, 0.15) is 0 Å². The third-order valence-electron chi connectivity index (χ3n) is 0.142. The molecule has 0 fully saturated rings. The summed E-state index contributed by atoms with van der Waals surface area (Å²) in [7, 11) is 0. The Morgan fingerprint density at radius 1 is 1.80 bits per heavy atom. The van der Waals surface area contributed by atoms with E-state index in [9.17, 15) is 0 Å². The molecule has 0 aromatic heterocycles. The molecule has 0 rings (SSSR count). The van der Waals surface area contributed by atoms with Gasteiger partial charge in [-0.05, 0) is 12.2 Å². The van der Waals surface area contributed by atoms with Crippen LogP contribution in [0.5, 0.6) is 0 Å². The van der Waals surface area contributed by atoms with Gasteiger partial charge < -0.3 is 11.2 Å². The van der Waals surface area contributed by atoms with E-state index < -0.39 is 0 Å². The van der Waals surface area contributed by atoms with Gasteiger partial charge in [-0.2, -0.15) is 0 Å². The molecule has 0 heterocycles. The Morgan fingerprint density at radius 3 is 2.00 bits per heavy atom. The third-order valence-corrected chi connectivity index (χ3v) is 0.260. The average molecular weight is 94.0 g/mol. The van der Waals surface area contributed by atoms with Gasteiger partial charge >= 0.3 is 0 Å². The van der Waals surface area contributed by atoms with Crippen LogP contribution in [0.1, 0.15) is 0 Å². The smallest absolute Gasteiger partial charge is 0.177 e. The molecule has 0 spiro atoms. The first-order valence-electron chi connectivity index (χ1n) is 1.03. The van der Waals surface area contributed by atoms with Crippen LogP contribution >= 0.6 is 12.2 Å². The number of nitrogens with two attached hydrogens (primary N) is 2. The van der Waals surface area contributed by atoms with Crippen LogP contribution in [0.4, 0.5) is 0 Å². The standard InChI is InChI=1S/CH5N3S/c2-1(5)4-3/h3H2,(H3,2,4,5)/i5+3. The van der Waals surface area contributed by atoms with Gasteiger partial charge in [-0.25, -0.2) is 5.84 Å². The molecule has 0 aromatic carbocycles. The van der Waals surface area contributed by atoms with E-state index in [1.807, 2.05) is 5.43 Å². The number of nitrogens with one attached hydrogen (secondary N) is 1. The monoisotopic (exact) mass is 94.0 g/mol. The fourth-order valence-corrected chi connectivity index (χ4v) is 0. The van der Waals surface area contributed by atoms with E-state index in [1.54, 1.807) is 0 Å². The summed E-state index contributed by atoms with van der Waals surface area (Å²) in [5, 5.41) is 0.116. The highest BCUT2D eigenvalue weighted by molar-refractivity contribution is 7.80. The van der Waals surface area contributed by atoms with Crippen molar-refractivity contribution in [1.82, 2.24) is 5.43 Å². The van der Waals surface area contributed by atoms with Crippen LogP contribution in [0.15, 0.2) is 0 Å². The minimum atomic E-state index is 0.116.